The number of hydrogen-bond donors (Lipinski definition) is 3. The van der Waals surface area contributed by atoms with Crippen molar-refractivity contribution in [1.82, 2.24) is 16.0 Å². The highest BCUT2D eigenvalue weighted by atomic mass is 16.6. The smallest absolute Gasteiger partial charge is 0.408 e. The molecule has 0 bridgehead atoms. The fourth-order valence-electron chi connectivity index (χ4n) is 2.29. The zero-order chi connectivity index (χ0) is 21.4. The number of nitrogens with zero attached hydrogens (tertiary/aromatic N) is 1. The second-order valence-corrected chi connectivity index (χ2v) is 8.60. The number of carbonyl (C=O) groups is 1. The Balaban J connectivity index is 2.48. The van der Waals surface area contributed by atoms with Gasteiger partial charge in [-0.1, -0.05) is 12.1 Å². The van der Waals surface area contributed by atoms with Crippen molar-refractivity contribution in [3.63, 3.8) is 0 Å². The van der Waals surface area contributed by atoms with E-state index < -0.39 is 17.2 Å². The molecule has 3 N–H and O–H groups in total. The van der Waals surface area contributed by atoms with Gasteiger partial charge in [0.25, 0.3) is 0 Å². The Bertz CT molecular complexity index is 647. The first-order valence-electron chi connectivity index (χ1n) is 9.61. The van der Waals surface area contributed by atoms with Crippen LogP contribution in [0.5, 0.6) is 5.75 Å². The molecule has 0 aliphatic carbocycles. The van der Waals surface area contributed by atoms with Crippen LogP contribution in [-0.2, 0) is 11.3 Å². The molecular formula is C21H36N4O3. The summed E-state index contributed by atoms with van der Waals surface area (Å²) in [6.45, 7) is 14.5. The van der Waals surface area contributed by atoms with Crippen molar-refractivity contribution in [1.29, 1.82) is 0 Å². The second-order valence-electron chi connectivity index (χ2n) is 8.60. The second kappa shape index (κ2) is 10.2. The first-order chi connectivity index (χ1) is 12.9. The van der Waals surface area contributed by atoms with Crippen molar-refractivity contribution >= 4 is 12.1 Å². The van der Waals surface area contributed by atoms with Crippen LogP contribution in [0.15, 0.2) is 29.3 Å². The van der Waals surface area contributed by atoms with Crippen LogP contribution in [0.4, 0.5) is 4.79 Å². The van der Waals surface area contributed by atoms with E-state index in [1.54, 1.807) is 7.05 Å². The average Bonchev–Trinajstić information content (AvgIpc) is 2.53. The van der Waals surface area contributed by atoms with Gasteiger partial charge in [-0.3, -0.25) is 4.99 Å². The monoisotopic (exact) mass is 392 g/mol. The molecule has 0 saturated heterocycles. The van der Waals surface area contributed by atoms with E-state index in [0.29, 0.717) is 19.0 Å². The molecule has 7 heteroatoms. The molecule has 7 nitrogen and oxygen atoms in total. The van der Waals surface area contributed by atoms with Crippen molar-refractivity contribution in [2.24, 2.45) is 4.99 Å². The molecular weight excluding hydrogens is 356 g/mol. The zero-order valence-corrected chi connectivity index (χ0v) is 18.5. The van der Waals surface area contributed by atoms with Gasteiger partial charge in [-0.15, -0.1) is 0 Å². The average molecular weight is 393 g/mol. The lowest BCUT2D eigenvalue weighted by Gasteiger charge is -2.29. The fraction of sp³-hybridized carbons (Fsp3) is 0.619. The molecule has 0 atom stereocenters. The Labute approximate surface area is 169 Å². The Morgan fingerprint density at radius 2 is 1.68 bits per heavy atom. The molecule has 1 aromatic rings. The van der Waals surface area contributed by atoms with E-state index in [2.05, 4.69) is 20.9 Å². The van der Waals surface area contributed by atoms with Crippen LogP contribution in [0.25, 0.3) is 0 Å². The maximum Gasteiger partial charge on any atom is 0.408 e. The molecule has 1 rings (SSSR count). The van der Waals surface area contributed by atoms with E-state index in [-0.39, 0.29) is 6.10 Å². The quantitative estimate of drug-likeness (QED) is 0.489. The number of hydrogen-bond acceptors (Lipinski definition) is 4. The molecule has 0 fully saturated rings. The number of alkyl carbamates (subject to hydrolysis) is 1. The largest absolute Gasteiger partial charge is 0.491 e. The van der Waals surface area contributed by atoms with Gasteiger partial charge in [0.05, 0.1) is 11.6 Å². The highest BCUT2D eigenvalue weighted by Crippen LogP contribution is 2.13. The number of ether oxygens (including phenoxy) is 2. The van der Waals surface area contributed by atoms with Crippen molar-refractivity contribution < 1.29 is 14.3 Å². The Kier molecular flexibility index (Phi) is 8.60. The number of guanidine groups is 1. The Hall–Kier alpha value is -2.44. The summed E-state index contributed by atoms with van der Waals surface area (Å²) in [6, 6.07) is 7.96. The van der Waals surface area contributed by atoms with Gasteiger partial charge in [-0.25, -0.2) is 4.79 Å². The molecule has 1 aromatic carbocycles. The third kappa shape index (κ3) is 10.0. The maximum absolute atomic E-state index is 12.0. The van der Waals surface area contributed by atoms with Gasteiger partial charge in [0.15, 0.2) is 5.96 Å². The molecule has 0 aliphatic heterocycles. The first kappa shape index (κ1) is 23.6. The molecule has 158 valence electrons. The minimum atomic E-state index is -0.527. The van der Waals surface area contributed by atoms with E-state index in [4.69, 9.17) is 9.47 Å². The van der Waals surface area contributed by atoms with Gasteiger partial charge < -0.3 is 25.4 Å². The standard InChI is InChI=1S/C21H36N4O3/c1-15(2)27-17-11-9-16(10-12-17)13-23-18(22-8)24-14-21(6,7)25-19(26)28-20(3,4)5/h9-12,15H,13-14H2,1-8H3,(H,25,26)(H2,22,23,24). The Morgan fingerprint density at radius 1 is 1.07 bits per heavy atom. The summed E-state index contributed by atoms with van der Waals surface area (Å²) in [5.41, 5.74) is 0.0849. The molecule has 1 amide bonds. The topological polar surface area (TPSA) is 84.0 Å². The summed E-state index contributed by atoms with van der Waals surface area (Å²) in [5, 5.41) is 9.36. The van der Waals surface area contributed by atoms with Crippen LogP contribution in [-0.4, -0.2) is 42.9 Å². The third-order valence-corrected chi connectivity index (χ3v) is 3.52. The van der Waals surface area contributed by atoms with E-state index in [9.17, 15) is 4.79 Å². The van der Waals surface area contributed by atoms with Gasteiger partial charge in [0, 0.05) is 20.1 Å². The maximum atomic E-state index is 12.0. The number of amides is 1. The summed E-state index contributed by atoms with van der Waals surface area (Å²) in [7, 11) is 1.71. The van der Waals surface area contributed by atoms with Gasteiger partial charge in [-0.2, -0.15) is 0 Å². The minimum absolute atomic E-state index is 0.157. The highest BCUT2D eigenvalue weighted by molar-refractivity contribution is 5.79. The zero-order valence-electron chi connectivity index (χ0n) is 18.5. The number of rotatable bonds is 7. The first-order valence-corrected chi connectivity index (χ1v) is 9.61. The van der Waals surface area contributed by atoms with Crippen molar-refractivity contribution in [2.75, 3.05) is 13.6 Å². The lowest BCUT2D eigenvalue weighted by molar-refractivity contribution is 0.0474. The van der Waals surface area contributed by atoms with Gasteiger partial charge in [0.2, 0.25) is 0 Å². The molecule has 0 aromatic heterocycles. The molecule has 0 radical (unpaired) electrons. The van der Waals surface area contributed by atoms with Crippen molar-refractivity contribution in [3.05, 3.63) is 29.8 Å². The number of carbonyl (C=O) groups excluding carboxylic acids is 1. The van der Waals surface area contributed by atoms with Crippen LogP contribution in [0.2, 0.25) is 0 Å². The number of benzene rings is 1. The summed E-state index contributed by atoms with van der Waals surface area (Å²) < 4.78 is 11.0. The highest BCUT2D eigenvalue weighted by Gasteiger charge is 2.24. The summed E-state index contributed by atoms with van der Waals surface area (Å²) >= 11 is 0. The lowest BCUT2D eigenvalue weighted by atomic mass is 10.1. The Morgan fingerprint density at radius 3 is 2.18 bits per heavy atom. The predicted octanol–water partition coefficient (Wildman–Crippen LogP) is 3.44. The number of aliphatic imine (C=N–C) groups is 1. The van der Waals surface area contributed by atoms with Crippen LogP contribution < -0.4 is 20.7 Å². The van der Waals surface area contributed by atoms with E-state index in [1.165, 1.54) is 0 Å². The van der Waals surface area contributed by atoms with Gasteiger partial charge in [-0.05, 0) is 66.2 Å². The normalized spacial score (nSPS) is 12.5. The molecule has 0 saturated carbocycles. The van der Waals surface area contributed by atoms with Crippen LogP contribution in [0.3, 0.4) is 0 Å². The van der Waals surface area contributed by atoms with Gasteiger partial charge in [0.1, 0.15) is 11.4 Å². The van der Waals surface area contributed by atoms with E-state index in [1.807, 2.05) is 72.7 Å². The van der Waals surface area contributed by atoms with E-state index >= 15 is 0 Å². The number of nitrogens with one attached hydrogen (secondary N) is 3. The fourth-order valence-corrected chi connectivity index (χ4v) is 2.29. The molecule has 28 heavy (non-hydrogen) atoms. The van der Waals surface area contributed by atoms with Crippen molar-refractivity contribution in [2.45, 2.75) is 72.3 Å². The van der Waals surface area contributed by atoms with Gasteiger partial charge >= 0.3 is 6.09 Å². The van der Waals surface area contributed by atoms with E-state index in [0.717, 1.165) is 11.3 Å². The molecule has 0 unspecified atom stereocenters. The molecule has 0 aliphatic rings. The minimum Gasteiger partial charge on any atom is -0.491 e. The lowest BCUT2D eigenvalue weighted by Crippen LogP contribution is -2.54. The summed E-state index contributed by atoms with van der Waals surface area (Å²) in [6.07, 6.45) is -0.282. The SMILES string of the molecule is CN=C(NCc1ccc(OC(C)C)cc1)NCC(C)(C)NC(=O)OC(C)(C)C. The van der Waals surface area contributed by atoms with Crippen LogP contribution >= 0.6 is 0 Å². The molecule has 0 spiro atoms. The van der Waals surface area contributed by atoms with Crippen molar-refractivity contribution in [3.8, 4) is 5.75 Å². The summed E-state index contributed by atoms with van der Waals surface area (Å²) in [5.74, 6) is 1.51. The van der Waals surface area contributed by atoms with Crippen LogP contribution in [0, 0.1) is 0 Å². The van der Waals surface area contributed by atoms with Crippen LogP contribution in [0.1, 0.15) is 54.0 Å². The molecule has 0 heterocycles. The third-order valence-electron chi connectivity index (χ3n) is 3.52. The summed E-state index contributed by atoms with van der Waals surface area (Å²) in [4.78, 5) is 16.2. The predicted molar refractivity (Wildman–Crippen MR) is 114 cm³/mol.